The van der Waals surface area contributed by atoms with Gasteiger partial charge >= 0.3 is 57.4 Å². The zero-order chi connectivity index (χ0) is 7.28. The molecule has 1 atom stereocenters. The first kappa shape index (κ1) is 23.1. The van der Waals surface area contributed by atoms with Crippen LogP contribution in [0.4, 0.5) is 0 Å². The largest absolute Gasteiger partial charge is 1.00 e. The fraction of sp³-hybridized carbons (Fsp3) is 0.714. The Bertz CT molecular complexity index is 124. The summed E-state index contributed by atoms with van der Waals surface area (Å²) in [7, 11) is 0. The molecule has 0 radical (unpaired) electrons. The van der Waals surface area contributed by atoms with Gasteiger partial charge in [-0.25, -0.2) is 4.79 Å². The Balaban J connectivity index is -0.0000000533. The molecule has 0 aliphatic rings. The first-order valence-corrected chi connectivity index (χ1v) is 2.92. The predicted octanol–water partition coefficient (Wildman–Crippen LogP) is -1.26. The van der Waals surface area contributed by atoms with E-state index >= 15 is 0 Å². The van der Waals surface area contributed by atoms with E-state index in [1.54, 1.807) is 6.92 Å². The molecule has 0 aromatic carbocycles. The van der Waals surface area contributed by atoms with Crippen molar-refractivity contribution in [2.24, 2.45) is 0 Å². The number of aldehydes is 1. The van der Waals surface area contributed by atoms with Crippen LogP contribution >= 0.6 is 11.6 Å². The summed E-state index contributed by atoms with van der Waals surface area (Å²) < 4.78 is 4.39. The first-order chi connectivity index (χ1) is 4.22. The summed E-state index contributed by atoms with van der Waals surface area (Å²) in [4.78, 5) is 20.2. The zero-order valence-corrected chi connectivity index (χ0v) is 9.84. The van der Waals surface area contributed by atoms with E-state index in [0.29, 0.717) is 6.29 Å². The number of esters is 1. The maximum absolute atomic E-state index is 10.4. The van der Waals surface area contributed by atoms with E-state index in [9.17, 15) is 9.59 Å². The van der Waals surface area contributed by atoms with E-state index in [1.165, 1.54) is 0 Å². The van der Waals surface area contributed by atoms with Crippen molar-refractivity contribution in [1.82, 2.24) is 0 Å². The average Bonchev–Trinajstić information content (AvgIpc) is 1.87. The molecule has 0 aliphatic heterocycles. The molecule has 0 spiro atoms. The topological polar surface area (TPSA) is 43.4 Å². The van der Waals surface area contributed by atoms with Crippen molar-refractivity contribution in [2.75, 3.05) is 6.61 Å². The second-order valence-electron chi connectivity index (χ2n) is 1.29. The minimum absolute atomic E-state index is 0. The van der Waals surface area contributed by atoms with Gasteiger partial charge in [-0.15, -0.1) is 11.6 Å². The van der Waals surface area contributed by atoms with E-state index in [0.717, 1.165) is 0 Å². The number of halogens is 1. The molecule has 0 bridgehead atoms. The van der Waals surface area contributed by atoms with Crippen molar-refractivity contribution >= 4 is 23.9 Å². The standard InChI is InChI=1S/C5H7ClO3.2CH4.K.H/c1-2-9-5(8)4(6)3-7;;;;/h3-4H,2H2,1H3;2*1H4;;/q;;;+1;-1. The Morgan fingerprint density at radius 2 is 2.08 bits per heavy atom. The first-order valence-electron chi connectivity index (χ1n) is 2.48. The fourth-order valence-corrected chi connectivity index (χ4v) is 0.340. The molecule has 0 amide bonds. The molecule has 0 aliphatic carbocycles. The molecule has 5 heteroatoms. The van der Waals surface area contributed by atoms with Crippen molar-refractivity contribution in [3.8, 4) is 0 Å². The van der Waals surface area contributed by atoms with Gasteiger partial charge < -0.3 is 11.0 Å². The Morgan fingerprint density at radius 3 is 2.33 bits per heavy atom. The number of carbonyl (C=O) groups excluding carboxylic acids is 2. The number of alkyl halides is 1. The molecule has 0 saturated heterocycles. The van der Waals surface area contributed by atoms with Crippen LogP contribution in [0.15, 0.2) is 0 Å². The molecule has 0 aromatic rings. The smallest absolute Gasteiger partial charge is 1.00 e. The average molecular weight is 223 g/mol. The third kappa shape index (κ3) is 11.1. The number of hydrogen-bond donors (Lipinski definition) is 0. The molecular weight excluding hydrogens is 207 g/mol. The molecule has 0 heterocycles. The van der Waals surface area contributed by atoms with Crippen LogP contribution in [0.2, 0.25) is 0 Å². The second-order valence-corrected chi connectivity index (χ2v) is 1.76. The molecule has 70 valence electrons. The molecule has 0 aromatic heterocycles. The monoisotopic (exact) mass is 222 g/mol. The van der Waals surface area contributed by atoms with Crippen LogP contribution in [0, 0.1) is 0 Å². The summed E-state index contributed by atoms with van der Waals surface area (Å²) >= 11 is 5.15. The normalized spacial score (nSPS) is 9.17. The van der Waals surface area contributed by atoms with Crippen molar-refractivity contribution < 1.29 is 67.1 Å². The van der Waals surface area contributed by atoms with Crippen LogP contribution in [0.1, 0.15) is 23.2 Å². The molecule has 1 unspecified atom stereocenters. The molecular formula is C7H16ClKO3. The van der Waals surface area contributed by atoms with Gasteiger partial charge in [-0.2, -0.15) is 0 Å². The van der Waals surface area contributed by atoms with Gasteiger partial charge in [0.2, 0.25) is 0 Å². The van der Waals surface area contributed by atoms with Crippen molar-refractivity contribution in [1.29, 1.82) is 0 Å². The molecule has 3 nitrogen and oxygen atoms in total. The quantitative estimate of drug-likeness (QED) is 0.197. The van der Waals surface area contributed by atoms with Crippen molar-refractivity contribution in [3.05, 3.63) is 0 Å². The zero-order valence-electron chi connectivity index (χ0n) is 6.96. The summed E-state index contributed by atoms with van der Waals surface area (Å²) in [6, 6.07) is 0. The minimum atomic E-state index is -1.15. The Kier molecular flexibility index (Phi) is 28.1. The van der Waals surface area contributed by atoms with Crippen LogP contribution < -0.4 is 51.4 Å². The van der Waals surface area contributed by atoms with E-state index in [4.69, 9.17) is 11.6 Å². The van der Waals surface area contributed by atoms with Crippen LogP contribution in [-0.4, -0.2) is 24.2 Å². The maximum atomic E-state index is 10.4. The Hall–Kier alpha value is 1.07. The van der Waals surface area contributed by atoms with Crippen LogP contribution in [0.25, 0.3) is 0 Å². The van der Waals surface area contributed by atoms with Gasteiger partial charge in [0.15, 0.2) is 5.38 Å². The number of ether oxygens (including phenoxy) is 1. The SMILES string of the molecule is C.C.CCOC(=O)C(Cl)C=O.[H-].[K+]. The molecule has 12 heavy (non-hydrogen) atoms. The minimum Gasteiger partial charge on any atom is -1.00 e. The van der Waals surface area contributed by atoms with Gasteiger partial charge in [-0.05, 0) is 6.92 Å². The van der Waals surface area contributed by atoms with Crippen LogP contribution in [0.3, 0.4) is 0 Å². The Labute approximate surface area is 123 Å². The van der Waals surface area contributed by atoms with Gasteiger partial charge in [-0.1, -0.05) is 14.9 Å². The molecule has 0 rings (SSSR count). The van der Waals surface area contributed by atoms with E-state index in [2.05, 4.69) is 4.74 Å². The molecule has 0 fully saturated rings. The van der Waals surface area contributed by atoms with Gasteiger partial charge in [-0.3, -0.25) is 0 Å². The molecule has 0 saturated carbocycles. The van der Waals surface area contributed by atoms with Gasteiger partial charge in [0.05, 0.1) is 6.61 Å². The van der Waals surface area contributed by atoms with E-state index < -0.39 is 11.3 Å². The van der Waals surface area contributed by atoms with Gasteiger partial charge in [0.25, 0.3) is 0 Å². The van der Waals surface area contributed by atoms with Gasteiger partial charge in [0, 0.05) is 0 Å². The predicted molar refractivity (Wildman–Crippen MR) is 46.9 cm³/mol. The third-order valence-corrected chi connectivity index (χ3v) is 0.912. The number of carbonyl (C=O) groups is 2. The van der Waals surface area contributed by atoms with Crippen LogP contribution in [0.5, 0.6) is 0 Å². The summed E-state index contributed by atoms with van der Waals surface area (Å²) in [6.45, 7) is 1.89. The van der Waals surface area contributed by atoms with Gasteiger partial charge in [0.1, 0.15) is 6.29 Å². The summed E-state index contributed by atoms with van der Waals surface area (Å²) in [5.74, 6) is -0.686. The van der Waals surface area contributed by atoms with Crippen molar-refractivity contribution in [3.63, 3.8) is 0 Å². The Morgan fingerprint density at radius 1 is 1.67 bits per heavy atom. The third-order valence-electron chi connectivity index (χ3n) is 0.631. The summed E-state index contributed by atoms with van der Waals surface area (Å²) in [6.07, 6.45) is 0.333. The fourth-order valence-electron chi connectivity index (χ4n) is 0.277. The van der Waals surface area contributed by atoms with Crippen LogP contribution in [-0.2, 0) is 14.3 Å². The number of hydrogen-bond acceptors (Lipinski definition) is 3. The second kappa shape index (κ2) is 14.6. The maximum Gasteiger partial charge on any atom is 1.00 e. The number of rotatable bonds is 3. The van der Waals surface area contributed by atoms with E-state index in [-0.39, 0.29) is 74.3 Å². The van der Waals surface area contributed by atoms with Crippen molar-refractivity contribution in [2.45, 2.75) is 27.2 Å². The summed E-state index contributed by atoms with van der Waals surface area (Å²) in [5.41, 5.74) is 0. The summed E-state index contributed by atoms with van der Waals surface area (Å²) in [5, 5.41) is -1.15. The molecule has 0 N–H and O–H groups in total. The van der Waals surface area contributed by atoms with E-state index in [1.807, 2.05) is 0 Å².